The lowest BCUT2D eigenvalue weighted by Crippen LogP contribution is -2.37. The Bertz CT molecular complexity index is 166. The third kappa shape index (κ3) is 2.47. The fraction of sp³-hybridized carbons (Fsp3) is 0.778. The van der Waals surface area contributed by atoms with Gasteiger partial charge in [0.2, 0.25) is 0 Å². The molecule has 1 unspecified atom stereocenters. The predicted molar refractivity (Wildman–Crippen MR) is 46.1 cm³/mol. The molecule has 0 aliphatic carbocycles. The van der Waals surface area contributed by atoms with Gasteiger partial charge in [-0.15, -0.1) is 0 Å². The van der Waals surface area contributed by atoms with Crippen molar-refractivity contribution in [3.8, 4) is 6.07 Å². The van der Waals surface area contributed by atoms with E-state index in [1.807, 2.05) is 0 Å². The molecule has 1 rings (SSSR count). The van der Waals surface area contributed by atoms with Crippen molar-refractivity contribution >= 4 is 0 Å². The highest BCUT2D eigenvalue weighted by molar-refractivity contribution is 4.83. The average molecular weight is 167 g/mol. The first-order valence-electron chi connectivity index (χ1n) is 4.34. The zero-order valence-electron chi connectivity index (χ0n) is 7.24. The van der Waals surface area contributed by atoms with E-state index in [0.717, 1.165) is 25.9 Å². The summed E-state index contributed by atoms with van der Waals surface area (Å²) in [5, 5.41) is 17.6. The van der Waals surface area contributed by atoms with Crippen molar-refractivity contribution in [1.82, 2.24) is 4.90 Å². The molecule has 1 aliphatic rings. The Morgan fingerprint density at radius 1 is 1.58 bits per heavy atom. The maximum Gasteiger partial charge on any atom is 0.0865 e. The number of aliphatic hydroxyl groups is 1. The molecule has 1 N–H and O–H groups in total. The SMILES string of the molecule is [CH2]C(O)C1CCN(CC#N)CC1. The first-order valence-corrected chi connectivity index (χ1v) is 4.34. The number of rotatable bonds is 2. The minimum absolute atomic E-state index is 0.333. The van der Waals surface area contributed by atoms with Gasteiger partial charge in [-0.1, -0.05) is 0 Å². The Balaban J connectivity index is 2.26. The summed E-state index contributed by atoms with van der Waals surface area (Å²) in [6.07, 6.45) is 1.49. The molecule has 0 aromatic carbocycles. The molecule has 12 heavy (non-hydrogen) atoms. The molecule has 0 aromatic heterocycles. The van der Waals surface area contributed by atoms with Gasteiger partial charge in [0.05, 0.1) is 18.7 Å². The van der Waals surface area contributed by atoms with Gasteiger partial charge in [0.25, 0.3) is 0 Å². The largest absolute Gasteiger partial charge is 0.393 e. The molecule has 1 saturated heterocycles. The molecule has 0 spiro atoms. The molecule has 0 saturated carbocycles. The number of hydrogen-bond donors (Lipinski definition) is 1. The fourth-order valence-electron chi connectivity index (χ4n) is 1.60. The van der Waals surface area contributed by atoms with Crippen LogP contribution < -0.4 is 0 Å². The van der Waals surface area contributed by atoms with E-state index >= 15 is 0 Å². The Morgan fingerprint density at radius 3 is 2.58 bits per heavy atom. The van der Waals surface area contributed by atoms with Crippen LogP contribution in [0.3, 0.4) is 0 Å². The zero-order valence-corrected chi connectivity index (χ0v) is 7.24. The predicted octanol–water partition coefficient (Wildman–Crippen LogP) is 0.417. The van der Waals surface area contributed by atoms with Crippen LogP contribution in [0.2, 0.25) is 0 Å². The molecular weight excluding hydrogens is 152 g/mol. The quantitative estimate of drug-likeness (QED) is 0.606. The third-order valence-corrected chi connectivity index (χ3v) is 2.47. The van der Waals surface area contributed by atoms with E-state index in [9.17, 15) is 5.11 Å². The van der Waals surface area contributed by atoms with Crippen molar-refractivity contribution in [2.24, 2.45) is 5.92 Å². The number of piperidine rings is 1. The molecule has 1 radical (unpaired) electrons. The molecule has 1 heterocycles. The Morgan fingerprint density at radius 2 is 2.17 bits per heavy atom. The summed E-state index contributed by atoms with van der Waals surface area (Å²) in [5.41, 5.74) is 0. The monoisotopic (exact) mass is 167 g/mol. The van der Waals surface area contributed by atoms with Crippen LogP contribution in [0, 0.1) is 24.2 Å². The van der Waals surface area contributed by atoms with Gasteiger partial charge in [0.1, 0.15) is 0 Å². The number of nitriles is 1. The lowest BCUT2D eigenvalue weighted by atomic mass is 9.92. The number of aliphatic hydroxyl groups excluding tert-OH is 1. The lowest BCUT2D eigenvalue weighted by molar-refractivity contribution is 0.0929. The molecule has 0 aromatic rings. The van der Waals surface area contributed by atoms with Gasteiger partial charge in [0.15, 0.2) is 0 Å². The summed E-state index contributed by atoms with van der Waals surface area (Å²) in [5.74, 6) is 0.333. The smallest absolute Gasteiger partial charge is 0.0865 e. The third-order valence-electron chi connectivity index (χ3n) is 2.47. The van der Waals surface area contributed by atoms with Crippen molar-refractivity contribution in [1.29, 1.82) is 5.26 Å². The molecule has 1 atom stereocenters. The maximum absolute atomic E-state index is 9.20. The number of hydrogen-bond acceptors (Lipinski definition) is 3. The minimum atomic E-state index is -0.436. The van der Waals surface area contributed by atoms with Crippen molar-refractivity contribution in [3.05, 3.63) is 6.92 Å². The standard InChI is InChI=1S/C9H15N2O/c1-8(12)9-2-5-11(6-3-9)7-4-10/h8-9,12H,1-3,5-7H2. The van der Waals surface area contributed by atoms with E-state index in [4.69, 9.17) is 5.26 Å². The van der Waals surface area contributed by atoms with Crippen LogP contribution in [0.5, 0.6) is 0 Å². The van der Waals surface area contributed by atoms with E-state index in [-0.39, 0.29) is 0 Å². The molecular formula is C9H15N2O. The summed E-state index contributed by atoms with van der Waals surface area (Å²) in [4.78, 5) is 2.11. The molecule has 67 valence electrons. The van der Waals surface area contributed by atoms with Crippen molar-refractivity contribution in [2.75, 3.05) is 19.6 Å². The number of nitrogens with zero attached hydrogens (tertiary/aromatic N) is 2. The highest BCUT2D eigenvalue weighted by Crippen LogP contribution is 2.19. The highest BCUT2D eigenvalue weighted by Gasteiger charge is 2.21. The van der Waals surface area contributed by atoms with Crippen LogP contribution in [-0.4, -0.2) is 35.7 Å². The second-order valence-corrected chi connectivity index (χ2v) is 3.34. The van der Waals surface area contributed by atoms with Crippen LogP contribution in [0.1, 0.15) is 12.8 Å². The van der Waals surface area contributed by atoms with E-state index < -0.39 is 6.10 Å². The first-order chi connectivity index (χ1) is 5.74. The van der Waals surface area contributed by atoms with Gasteiger partial charge in [-0.05, 0) is 38.8 Å². The van der Waals surface area contributed by atoms with Crippen molar-refractivity contribution in [2.45, 2.75) is 18.9 Å². The summed E-state index contributed by atoms with van der Waals surface area (Å²) in [7, 11) is 0. The van der Waals surface area contributed by atoms with Gasteiger partial charge < -0.3 is 5.11 Å². The zero-order chi connectivity index (χ0) is 8.97. The Labute approximate surface area is 73.6 Å². The summed E-state index contributed by atoms with van der Waals surface area (Å²) >= 11 is 0. The normalized spacial score (nSPS) is 23.4. The number of likely N-dealkylation sites (tertiary alicyclic amines) is 1. The van der Waals surface area contributed by atoms with Gasteiger partial charge in [-0.3, -0.25) is 4.90 Å². The summed E-state index contributed by atoms with van der Waals surface area (Å²) < 4.78 is 0. The molecule has 0 amide bonds. The van der Waals surface area contributed by atoms with Crippen LogP contribution in [0.25, 0.3) is 0 Å². The average Bonchev–Trinajstić information content (AvgIpc) is 2.06. The molecule has 3 heteroatoms. The minimum Gasteiger partial charge on any atom is -0.393 e. The molecule has 0 bridgehead atoms. The summed E-state index contributed by atoms with van der Waals surface area (Å²) in [6, 6.07) is 2.13. The lowest BCUT2D eigenvalue weighted by Gasteiger charge is -2.31. The molecule has 1 aliphatic heterocycles. The Hall–Kier alpha value is -0.590. The van der Waals surface area contributed by atoms with Crippen molar-refractivity contribution in [3.63, 3.8) is 0 Å². The van der Waals surface area contributed by atoms with E-state index in [1.54, 1.807) is 0 Å². The van der Waals surface area contributed by atoms with Crippen LogP contribution in [0.15, 0.2) is 0 Å². The van der Waals surface area contributed by atoms with Crippen LogP contribution in [-0.2, 0) is 0 Å². The second-order valence-electron chi connectivity index (χ2n) is 3.34. The van der Waals surface area contributed by atoms with Crippen LogP contribution >= 0.6 is 0 Å². The van der Waals surface area contributed by atoms with E-state index in [2.05, 4.69) is 17.9 Å². The van der Waals surface area contributed by atoms with Gasteiger partial charge >= 0.3 is 0 Å². The van der Waals surface area contributed by atoms with Crippen molar-refractivity contribution < 1.29 is 5.11 Å². The molecule has 1 fully saturated rings. The Kier molecular flexibility index (Phi) is 3.51. The maximum atomic E-state index is 9.20. The second kappa shape index (κ2) is 4.44. The van der Waals surface area contributed by atoms with Crippen LogP contribution in [0.4, 0.5) is 0 Å². The van der Waals surface area contributed by atoms with E-state index in [1.165, 1.54) is 0 Å². The highest BCUT2D eigenvalue weighted by atomic mass is 16.3. The van der Waals surface area contributed by atoms with E-state index in [0.29, 0.717) is 12.5 Å². The van der Waals surface area contributed by atoms with Gasteiger partial charge in [0, 0.05) is 0 Å². The summed E-state index contributed by atoms with van der Waals surface area (Å²) in [6.45, 7) is 5.96. The fourth-order valence-corrected chi connectivity index (χ4v) is 1.60. The first kappa shape index (κ1) is 9.50. The molecule has 3 nitrogen and oxygen atoms in total. The topological polar surface area (TPSA) is 47.3 Å². The van der Waals surface area contributed by atoms with Gasteiger partial charge in [-0.25, -0.2) is 0 Å². The van der Waals surface area contributed by atoms with Gasteiger partial charge in [-0.2, -0.15) is 5.26 Å².